The predicted octanol–water partition coefficient (Wildman–Crippen LogP) is 4.07. The maximum absolute atomic E-state index is 12.5. The van der Waals surface area contributed by atoms with Gasteiger partial charge in [0.2, 0.25) is 5.91 Å². The Balaban J connectivity index is 1.67. The Hall–Kier alpha value is -3.54. The molecule has 1 aromatic heterocycles. The Morgan fingerprint density at radius 2 is 1.93 bits per heavy atom. The average Bonchev–Trinajstić information content (AvgIpc) is 2.99. The van der Waals surface area contributed by atoms with Gasteiger partial charge in [-0.1, -0.05) is 0 Å². The van der Waals surface area contributed by atoms with Crippen molar-refractivity contribution >= 4 is 28.8 Å². The molecule has 136 valence electrons. The lowest BCUT2D eigenvalue weighted by molar-refractivity contribution is -0.116. The van der Waals surface area contributed by atoms with E-state index >= 15 is 0 Å². The minimum Gasteiger partial charge on any atom is -0.508 e. The zero-order valence-electron chi connectivity index (χ0n) is 15.1. The average molecular weight is 361 g/mol. The molecule has 4 rings (SSSR count). The number of aromatic nitrogens is 1. The highest BCUT2D eigenvalue weighted by molar-refractivity contribution is 6.07. The first-order valence-corrected chi connectivity index (χ1v) is 8.58. The molecule has 6 heteroatoms. The second kappa shape index (κ2) is 6.64. The number of nitrogens with zero attached hydrogens (tertiary/aromatic N) is 2. The second-order valence-corrected chi connectivity index (χ2v) is 6.43. The molecule has 2 N–H and O–H groups in total. The van der Waals surface area contributed by atoms with Gasteiger partial charge in [0, 0.05) is 29.2 Å². The van der Waals surface area contributed by atoms with Gasteiger partial charge in [-0.25, -0.2) is 4.98 Å². The highest BCUT2D eigenvalue weighted by Crippen LogP contribution is 2.37. The van der Waals surface area contributed by atoms with E-state index in [0.29, 0.717) is 17.9 Å². The number of pyridine rings is 1. The largest absolute Gasteiger partial charge is 0.508 e. The van der Waals surface area contributed by atoms with E-state index in [0.717, 1.165) is 28.3 Å². The van der Waals surface area contributed by atoms with Crippen LogP contribution in [0.2, 0.25) is 0 Å². The van der Waals surface area contributed by atoms with Crippen molar-refractivity contribution < 1.29 is 14.6 Å². The fourth-order valence-corrected chi connectivity index (χ4v) is 3.19. The zero-order valence-corrected chi connectivity index (χ0v) is 15.1. The minimum atomic E-state index is -0.0183. The van der Waals surface area contributed by atoms with Gasteiger partial charge < -0.3 is 15.2 Å². The van der Waals surface area contributed by atoms with Crippen LogP contribution in [0.4, 0.5) is 22.9 Å². The molecular weight excluding hydrogens is 342 g/mol. The number of carbonyl (C=O) groups is 1. The van der Waals surface area contributed by atoms with Crippen LogP contribution in [0.1, 0.15) is 11.1 Å². The standard InChI is InChI=1S/C21H19N3O3/c1-13-9-17(27-2)7-8-18(13)23-20-11-19-14(12-22-20)10-21(26)24(19)15-3-5-16(25)6-4-15/h3-9,11-12,25H,10H2,1-2H3,(H,22,23). The fraction of sp³-hybridized carbons (Fsp3) is 0.143. The first-order valence-electron chi connectivity index (χ1n) is 8.58. The van der Waals surface area contributed by atoms with Gasteiger partial charge in [-0.3, -0.25) is 9.69 Å². The number of hydrogen-bond acceptors (Lipinski definition) is 5. The minimum absolute atomic E-state index is 0.0183. The number of rotatable bonds is 4. The van der Waals surface area contributed by atoms with E-state index in [4.69, 9.17) is 4.74 Å². The molecule has 0 radical (unpaired) electrons. The molecule has 0 atom stereocenters. The maximum atomic E-state index is 12.5. The van der Waals surface area contributed by atoms with Crippen molar-refractivity contribution in [3.05, 3.63) is 65.9 Å². The van der Waals surface area contributed by atoms with Crippen LogP contribution < -0.4 is 15.0 Å². The zero-order chi connectivity index (χ0) is 19.0. The second-order valence-electron chi connectivity index (χ2n) is 6.43. The lowest BCUT2D eigenvalue weighted by Gasteiger charge is -2.18. The summed E-state index contributed by atoms with van der Waals surface area (Å²) in [6.07, 6.45) is 2.04. The normalized spacial score (nSPS) is 12.8. The molecule has 27 heavy (non-hydrogen) atoms. The van der Waals surface area contributed by atoms with Crippen molar-refractivity contribution in [1.82, 2.24) is 4.98 Å². The molecule has 1 aliphatic heterocycles. The number of carbonyl (C=O) groups excluding carboxylic acids is 1. The van der Waals surface area contributed by atoms with Crippen molar-refractivity contribution in [2.24, 2.45) is 0 Å². The van der Waals surface area contributed by atoms with Gasteiger partial charge in [0.05, 0.1) is 19.2 Å². The van der Waals surface area contributed by atoms with Crippen LogP contribution in [0.25, 0.3) is 0 Å². The third-order valence-electron chi connectivity index (χ3n) is 4.60. The molecule has 6 nitrogen and oxygen atoms in total. The molecule has 0 aliphatic carbocycles. The SMILES string of the molecule is COc1ccc(Nc2cc3c(cn2)CC(=O)N3c2ccc(O)cc2)c(C)c1. The van der Waals surface area contributed by atoms with Gasteiger partial charge in [0.15, 0.2) is 0 Å². The number of ether oxygens (including phenoxy) is 1. The number of benzene rings is 2. The van der Waals surface area contributed by atoms with Crippen molar-refractivity contribution in [2.75, 3.05) is 17.3 Å². The summed E-state index contributed by atoms with van der Waals surface area (Å²) in [5, 5.41) is 12.8. The smallest absolute Gasteiger partial charge is 0.236 e. The summed E-state index contributed by atoms with van der Waals surface area (Å²) >= 11 is 0. The van der Waals surface area contributed by atoms with Crippen LogP contribution in [0, 0.1) is 6.92 Å². The monoisotopic (exact) mass is 361 g/mol. The number of aromatic hydroxyl groups is 1. The van der Waals surface area contributed by atoms with Crippen molar-refractivity contribution in [3.8, 4) is 11.5 Å². The van der Waals surface area contributed by atoms with E-state index in [2.05, 4.69) is 10.3 Å². The predicted molar refractivity (Wildman–Crippen MR) is 104 cm³/mol. The molecular formula is C21H19N3O3. The molecule has 0 fully saturated rings. The summed E-state index contributed by atoms with van der Waals surface area (Å²) in [6, 6.07) is 14.2. The highest BCUT2D eigenvalue weighted by Gasteiger charge is 2.29. The Morgan fingerprint density at radius 1 is 1.15 bits per heavy atom. The number of nitrogens with one attached hydrogen (secondary N) is 1. The number of methoxy groups -OCH3 is 1. The number of amides is 1. The number of aryl methyl sites for hydroxylation is 1. The molecule has 0 saturated heterocycles. The molecule has 0 unspecified atom stereocenters. The van der Waals surface area contributed by atoms with E-state index < -0.39 is 0 Å². The first kappa shape index (κ1) is 16.9. The molecule has 1 aliphatic rings. The Labute approximate surface area is 157 Å². The maximum Gasteiger partial charge on any atom is 0.236 e. The molecule has 2 heterocycles. The first-order chi connectivity index (χ1) is 13.0. The van der Waals surface area contributed by atoms with Crippen molar-refractivity contribution in [3.63, 3.8) is 0 Å². The summed E-state index contributed by atoms with van der Waals surface area (Å²) in [4.78, 5) is 18.6. The lowest BCUT2D eigenvalue weighted by Crippen LogP contribution is -2.20. The lowest BCUT2D eigenvalue weighted by atomic mass is 10.2. The Morgan fingerprint density at radius 3 is 2.63 bits per heavy atom. The quantitative estimate of drug-likeness (QED) is 0.733. The van der Waals surface area contributed by atoms with Crippen LogP contribution >= 0.6 is 0 Å². The van der Waals surface area contributed by atoms with Crippen LogP contribution in [0.15, 0.2) is 54.7 Å². The van der Waals surface area contributed by atoms with E-state index in [1.54, 1.807) is 42.5 Å². The number of fused-ring (bicyclic) bond motifs is 1. The van der Waals surface area contributed by atoms with Crippen LogP contribution in [-0.2, 0) is 11.2 Å². The van der Waals surface area contributed by atoms with E-state index in [9.17, 15) is 9.90 Å². The third kappa shape index (κ3) is 3.17. The summed E-state index contributed by atoms with van der Waals surface area (Å²) in [7, 11) is 1.64. The number of phenolic OH excluding ortho intramolecular Hbond substituents is 1. The Kier molecular flexibility index (Phi) is 4.16. The van der Waals surface area contributed by atoms with Crippen molar-refractivity contribution in [2.45, 2.75) is 13.3 Å². The molecule has 2 aromatic carbocycles. The van der Waals surface area contributed by atoms with Gasteiger partial charge >= 0.3 is 0 Å². The van der Waals surface area contributed by atoms with Gasteiger partial charge in [-0.05, 0) is 55.0 Å². The van der Waals surface area contributed by atoms with Crippen LogP contribution in [0.5, 0.6) is 11.5 Å². The van der Waals surface area contributed by atoms with E-state index in [1.807, 2.05) is 31.2 Å². The molecule has 0 saturated carbocycles. The van der Waals surface area contributed by atoms with Crippen LogP contribution in [-0.4, -0.2) is 23.1 Å². The number of phenols is 1. The number of anilines is 4. The summed E-state index contributed by atoms with van der Waals surface area (Å²) in [5.41, 5.74) is 4.35. The van der Waals surface area contributed by atoms with Gasteiger partial charge in [0.1, 0.15) is 17.3 Å². The van der Waals surface area contributed by atoms with Gasteiger partial charge in [0.25, 0.3) is 0 Å². The third-order valence-corrected chi connectivity index (χ3v) is 4.60. The fourth-order valence-electron chi connectivity index (χ4n) is 3.19. The van der Waals surface area contributed by atoms with Gasteiger partial charge in [-0.15, -0.1) is 0 Å². The van der Waals surface area contributed by atoms with Crippen molar-refractivity contribution in [1.29, 1.82) is 0 Å². The molecule has 0 bridgehead atoms. The molecule has 3 aromatic rings. The topological polar surface area (TPSA) is 74.7 Å². The summed E-state index contributed by atoms with van der Waals surface area (Å²) in [5.74, 6) is 1.59. The molecule has 0 spiro atoms. The van der Waals surface area contributed by atoms with Crippen LogP contribution in [0.3, 0.4) is 0 Å². The van der Waals surface area contributed by atoms with Gasteiger partial charge in [-0.2, -0.15) is 0 Å². The Bertz CT molecular complexity index is 1020. The summed E-state index contributed by atoms with van der Waals surface area (Å²) in [6.45, 7) is 1.99. The number of hydrogen-bond donors (Lipinski definition) is 2. The van der Waals surface area contributed by atoms with E-state index in [1.165, 1.54) is 0 Å². The molecule has 1 amide bonds. The summed E-state index contributed by atoms with van der Waals surface area (Å²) < 4.78 is 5.24. The highest BCUT2D eigenvalue weighted by atomic mass is 16.5. The van der Waals surface area contributed by atoms with E-state index in [-0.39, 0.29) is 11.7 Å².